The summed E-state index contributed by atoms with van der Waals surface area (Å²) in [6.07, 6.45) is 5.60. The fourth-order valence-electron chi connectivity index (χ4n) is 3.18. The second-order valence-corrected chi connectivity index (χ2v) is 5.65. The third kappa shape index (κ3) is 2.74. The zero-order valence-electron chi connectivity index (χ0n) is 12.4. The van der Waals surface area contributed by atoms with Gasteiger partial charge in [-0.3, -0.25) is 9.79 Å². The van der Waals surface area contributed by atoms with Gasteiger partial charge < -0.3 is 0 Å². The minimum absolute atomic E-state index is 0.0419. The molecule has 1 aromatic carbocycles. The SMILES string of the molecule is C=CC1(CCC)CCC(C(C)=Nc2ccccc2)C1=O. The Morgan fingerprint density at radius 1 is 1.45 bits per heavy atom. The quantitative estimate of drug-likeness (QED) is 0.561. The first-order valence-electron chi connectivity index (χ1n) is 7.41. The Morgan fingerprint density at radius 2 is 2.15 bits per heavy atom. The van der Waals surface area contributed by atoms with Gasteiger partial charge in [0.05, 0.1) is 11.6 Å². The topological polar surface area (TPSA) is 29.4 Å². The molecule has 0 aromatic heterocycles. The number of aliphatic imine (C=N–C) groups is 1. The van der Waals surface area contributed by atoms with Gasteiger partial charge in [0.2, 0.25) is 0 Å². The summed E-state index contributed by atoms with van der Waals surface area (Å²) in [6, 6.07) is 9.84. The van der Waals surface area contributed by atoms with Crippen molar-refractivity contribution in [2.45, 2.75) is 39.5 Å². The van der Waals surface area contributed by atoms with Crippen LogP contribution in [0.4, 0.5) is 5.69 Å². The molecule has 0 saturated heterocycles. The summed E-state index contributed by atoms with van der Waals surface area (Å²) in [5.41, 5.74) is 1.54. The highest BCUT2D eigenvalue weighted by Crippen LogP contribution is 2.43. The van der Waals surface area contributed by atoms with Crippen molar-refractivity contribution in [3.8, 4) is 0 Å². The van der Waals surface area contributed by atoms with Gasteiger partial charge in [-0.2, -0.15) is 0 Å². The average molecular weight is 269 g/mol. The zero-order chi connectivity index (χ0) is 14.6. The molecule has 0 heterocycles. The van der Waals surface area contributed by atoms with Gasteiger partial charge in [0.25, 0.3) is 0 Å². The lowest BCUT2D eigenvalue weighted by Gasteiger charge is -2.23. The molecular formula is C18H23NO. The Kier molecular flexibility index (Phi) is 4.53. The van der Waals surface area contributed by atoms with E-state index in [-0.39, 0.29) is 11.3 Å². The van der Waals surface area contributed by atoms with Crippen LogP contribution in [-0.2, 0) is 4.79 Å². The predicted octanol–water partition coefficient (Wildman–Crippen LogP) is 4.73. The van der Waals surface area contributed by atoms with Crippen LogP contribution in [0.15, 0.2) is 48.0 Å². The molecule has 0 bridgehead atoms. The summed E-state index contributed by atoms with van der Waals surface area (Å²) >= 11 is 0. The minimum Gasteiger partial charge on any atom is -0.298 e. The summed E-state index contributed by atoms with van der Waals surface area (Å²) in [6.45, 7) is 8.00. The average Bonchev–Trinajstić information content (AvgIpc) is 2.78. The van der Waals surface area contributed by atoms with E-state index in [9.17, 15) is 4.79 Å². The molecular weight excluding hydrogens is 246 g/mol. The summed E-state index contributed by atoms with van der Waals surface area (Å²) in [5.74, 6) is 0.270. The van der Waals surface area contributed by atoms with Crippen molar-refractivity contribution < 1.29 is 4.79 Å². The molecule has 2 nitrogen and oxygen atoms in total. The number of carbonyl (C=O) groups is 1. The van der Waals surface area contributed by atoms with E-state index in [2.05, 4.69) is 18.5 Å². The number of rotatable bonds is 5. The van der Waals surface area contributed by atoms with Crippen LogP contribution in [-0.4, -0.2) is 11.5 Å². The van der Waals surface area contributed by atoms with Crippen LogP contribution in [0.3, 0.4) is 0 Å². The van der Waals surface area contributed by atoms with Gasteiger partial charge >= 0.3 is 0 Å². The van der Waals surface area contributed by atoms with Gasteiger partial charge in [0.15, 0.2) is 5.78 Å². The minimum atomic E-state index is -0.313. The van der Waals surface area contributed by atoms with E-state index in [0.717, 1.165) is 37.1 Å². The number of nitrogens with zero attached hydrogens (tertiary/aromatic N) is 1. The van der Waals surface area contributed by atoms with Crippen LogP contribution >= 0.6 is 0 Å². The monoisotopic (exact) mass is 269 g/mol. The smallest absolute Gasteiger partial charge is 0.151 e. The van der Waals surface area contributed by atoms with Crippen molar-refractivity contribution in [2.75, 3.05) is 0 Å². The van der Waals surface area contributed by atoms with Crippen LogP contribution < -0.4 is 0 Å². The maximum Gasteiger partial charge on any atom is 0.151 e. The second kappa shape index (κ2) is 6.17. The number of para-hydroxylation sites is 1. The number of carbonyl (C=O) groups excluding carboxylic acids is 1. The van der Waals surface area contributed by atoms with E-state index in [1.54, 1.807) is 0 Å². The van der Waals surface area contributed by atoms with Crippen molar-refractivity contribution in [1.82, 2.24) is 0 Å². The molecule has 1 saturated carbocycles. The number of allylic oxidation sites excluding steroid dienone is 1. The molecule has 2 heteroatoms. The predicted molar refractivity (Wildman–Crippen MR) is 84.5 cm³/mol. The Morgan fingerprint density at radius 3 is 2.75 bits per heavy atom. The Balaban J connectivity index is 2.21. The molecule has 20 heavy (non-hydrogen) atoms. The van der Waals surface area contributed by atoms with Gasteiger partial charge in [0.1, 0.15) is 0 Å². The fourth-order valence-corrected chi connectivity index (χ4v) is 3.18. The Bertz CT molecular complexity index is 517. The van der Waals surface area contributed by atoms with Crippen molar-refractivity contribution in [3.05, 3.63) is 43.0 Å². The second-order valence-electron chi connectivity index (χ2n) is 5.65. The van der Waals surface area contributed by atoms with E-state index in [1.807, 2.05) is 43.3 Å². The largest absolute Gasteiger partial charge is 0.298 e. The molecule has 1 aliphatic rings. The van der Waals surface area contributed by atoms with Crippen molar-refractivity contribution in [1.29, 1.82) is 0 Å². The highest BCUT2D eigenvalue weighted by Gasteiger charge is 2.45. The van der Waals surface area contributed by atoms with E-state index in [1.165, 1.54) is 0 Å². The maximum absolute atomic E-state index is 12.7. The Labute approximate surface area is 121 Å². The lowest BCUT2D eigenvalue weighted by molar-refractivity contribution is -0.125. The standard InChI is InChI=1S/C18H23NO/c1-4-12-18(5-2)13-11-16(17(18)20)14(3)19-15-9-7-6-8-10-15/h5-10,16H,2,4,11-13H2,1,3H3. The van der Waals surface area contributed by atoms with E-state index >= 15 is 0 Å². The first kappa shape index (κ1) is 14.7. The summed E-state index contributed by atoms with van der Waals surface area (Å²) < 4.78 is 0. The van der Waals surface area contributed by atoms with Gasteiger partial charge in [-0.25, -0.2) is 0 Å². The lowest BCUT2D eigenvalue weighted by atomic mass is 9.79. The number of hydrogen-bond acceptors (Lipinski definition) is 2. The molecule has 0 spiro atoms. The van der Waals surface area contributed by atoms with Crippen LogP contribution in [0.5, 0.6) is 0 Å². The normalized spacial score (nSPS) is 26.8. The number of ketones is 1. The van der Waals surface area contributed by atoms with Crippen LogP contribution in [0.1, 0.15) is 39.5 Å². The van der Waals surface area contributed by atoms with E-state index < -0.39 is 0 Å². The van der Waals surface area contributed by atoms with Crippen LogP contribution in [0.25, 0.3) is 0 Å². The molecule has 1 aromatic rings. The molecule has 106 valence electrons. The number of benzene rings is 1. The fraction of sp³-hybridized carbons (Fsp3) is 0.444. The van der Waals surface area contributed by atoms with Crippen molar-refractivity contribution in [2.24, 2.45) is 16.3 Å². The molecule has 1 aliphatic carbocycles. The maximum atomic E-state index is 12.7. The number of Topliss-reactive ketones (excluding diaryl/α,β-unsaturated/α-hetero) is 1. The van der Waals surface area contributed by atoms with E-state index in [0.29, 0.717) is 5.78 Å². The van der Waals surface area contributed by atoms with E-state index in [4.69, 9.17) is 0 Å². The Hall–Kier alpha value is -1.70. The highest BCUT2D eigenvalue weighted by molar-refractivity contribution is 6.09. The van der Waals surface area contributed by atoms with Crippen molar-refractivity contribution in [3.63, 3.8) is 0 Å². The molecule has 1 fully saturated rings. The molecule has 0 N–H and O–H groups in total. The first-order chi connectivity index (χ1) is 9.63. The number of hydrogen-bond donors (Lipinski definition) is 0. The molecule has 0 aliphatic heterocycles. The lowest BCUT2D eigenvalue weighted by Crippen LogP contribution is -2.29. The van der Waals surface area contributed by atoms with Gasteiger partial charge in [0, 0.05) is 11.1 Å². The van der Waals surface area contributed by atoms with Gasteiger partial charge in [-0.1, -0.05) is 37.6 Å². The van der Waals surface area contributed by atoms with Gasteiger partial charge in [-0.05, 0) is 38.3 Å². The zero-order valence-corrected chi connectivity index (χ0v) is 12.4. The van der Waals surface area contributed by atoms with Crippen molar-refractivity contribution >= 4 is 17.2 Å². The molecule has 0 amide bonds. The molecule has 0 radical (unpaired) electrons. The third-order valence-electron chi connectivity index (χ3n) is 4.34. The molecule has 2 unspecified atom stereocenters. The molecule has 2 rings (SSSR count). The summed E-state index contributed by atoms with van der Waals surface area (Å²) in [7, 11) is 0. The molecule has 2 atom stereocenters. The third-order valence-corrected chi connectivity index (χ3v) is 4.34. The summed E-state index contributed by atoms with van der Waals surface area (Å²) in [5, 5.41) is 0. The summed E-state index contributed by atoms with van der Waals surface area (Å²) in [4.78, 5) is 17.3. The van der Waals surface area contributed by atoms with Crippen LogP contribution in [0.2, 0.25) is 0 Å². The highest BCUT2D eigenvalue weighted by atomic mass is 16.1. The van der Waals surface area contributed by atoms with Gasteiger partial charge in [-0.15, -0.1) is 6.58 Å². The van der Waals surface area contributed by atoms with Crippen LogP contribution in [0, 0.1) is 11.3 Å². The first-order valence-corrected chi connectivity index (χ1v) is 7.41.